The van der Waals surface area contributed by atoms with E-state index >= 15 is 0 Å². The first-order valence-corrected chi connectivity index (χ1v) is 6.63. The van der Waals surface area contributed by atoms with Crippen LogP contribution in [0.2, 0.25) is 0 Å². The van der Waals surface area contributed by atoms with Gasteiger partial charge in [0.2, 0.25) is 0 Å². The lowest BCUT2D eigenvalue weighted by molar-refractivity contribution is -0.140. The van der Waals surface area contributed by atoms with Gasteiger partial charge in [0.15, 0.2) is 0 Å². The van der Waals surface area contributed by atoms with Crippen molar-refractivity contribution >= 4 is 5.97 Å². The number of esters is 1. The van der Waals surface area contributed by atoms with Crippen molar-refractivity contribution in [1.82, 2.24) is 4.90 Å². The Morgan fingerprint density at radius 3 is 2.83 bits per heavy atom. The topological polar surface area (TPSA) is 38.8 Å². The number of hydrogen-bond acceptors (Lipinski definition) is 4. The van der Waals surface area contributed by atoms with E-state index in [-0.39, 0.29) is 5.97 Å². The molecule has 2 aliphatic carbocycles. The normalized spacial score (nSPS) is 30.2. The number of carbonyl (C=O) groups is 1. The molecule has 0 aromatic rings. The summed E-state index contributed by atoms with van der Waals surface area (Å²) in [5, 5.41) is 0. The Labute approximate surface area is 107 Å². The van der Waals surface area contributed by atoms with E-state index < -0.39 is 0 Å². The maximum Gasteiger partial charge on any atom is 0.302 e. The minimum absolute atomic E-state index is 0.199. The van der Waals surface area contributed by atoms with Gasteiger partial charge in [-0.25, -0.2) is 0 Å². The Bertz CT molecular complexity index is 407. The zero-order chi connectivity index (χ0) is 12.5. The molecule has 0 amide bonds. The molecule has 0 unspecified atom stereocenters. The maximum absolute atomic E-state index is 11.0. The fourth-order valence-electron chi connectivity index (χ4n) is 3.19. The molecule has 0 aromatic carbocycles. The summed E-state index contributed by atoms with van der Waals surface area (Å²) in [6.07, 6.45) is 5.71. The van der Waals surface area contributed by atoms with Crippen LogP contribution in [-0.2, 0) is 14.3 Å². The molecule has 0 N–H and O–H groups in total. The Balaban J connectivity index is 1.79. The predicted molar refractivity (Wildman–Crippen MR) is 66.8 cm³/mol. The number of nitrogens with zero attached hydrogens (tertiary/aromatic N) is 1. The molecule has 2 bridgehead atoms. The van der Waals surface area contributed by atoms with E-state index in [4.69, 9.17) is 9.47 Å². The number of morpholine rings is 1. The van der Waals surface area contributed by atoms with Crippen molar-refractivity contribution in [2.24, 2.45) is 11.8 Å². The zero-order valence-electron chi connectivity index (χ0n) is 10.7. The quantitative estimate of drug-likeness (QED) is 0.559. The minimum atomic E-state index is -0.199. The van der Waals surface area contributed by atoms with E-state index in [1.165, 1.54) is 18.2 Å². The average Bonchev–Trinajstić information content (AvgIpc) is 2.97. The highest BCUT2D eigenvalue weighted by molar-refractivity contribution is 5.66. The van der Waals surface area contributed by atoms with Crippen molar-refractivity contribution in [1.29, 1.82) is 0 Å². The first kappa shape index (κ1) is 11.8. The minimum Gasteiger partial charge on any atom is -0.461 e. The molecule has 2 atom stereocenters. The molecule has 18 heavy (non-hydrogen) atoms. The monoisotopic (exact) mass is 249 g/mol. The Morgan fingerprint density at radius 1 is 1.39 bits per heavy atom. The van der Waals surface area contributed by atoms with E-state index in [0.29, 0.717) is 18.4 Å². The van der Waals surface area contributed by atoms with Gasteiger partial charge in [0.25, 0.3) is 0 Å². The summed E-state index contributed by atoms with van der Waals surface area (Å²) < 4.78 is 10.6. The molecule has 98 valence electrons. The van der Waals surface area contributed by atoms with Crippen LogP contribution in [-0.4, -0.2) is 43.8 Å². The van der Waals surface area contributed by atoms with Crippen LogP contribution in [0.3, 0.4) is 0 Å². The third kappa shape index (κ3) is 2.05. The molecule has 0 saturated carbocycles. The van der Waals surface area contributed by atoms with E-state index in [0.717, 1.165) is 32.7 Å². The second kappa shape index (κ2) is 4.76. The van der Waals surface area contributed by atoms with Crippen molar-refractivity contribution < 1.29 is 14.3 Å². The third-order valence-electron chi connectivity index (χ3n) is 3.99. The highest BCUT2D eigenvalue weighted by Crippen LogP contribution is 2.45. The molecule has 1 saturated heterocycles. The van der Waals surface area contributed by atoms with E-state index in [1.807, 2.05) is 0 Å². The Morgan fingerprint density at radius 2 is 2.11 bits per heavy atom. The van der Waals surface area contributed by atoms with Gasteiger partial charge in [0.05, 0.1) is 13.2 Å². The van der Waals surface area contributed by atoms with Gasteiger partial charge >= 0.3 is 5.97 Å². The predicted octanol–water partition coefficient (Wildman–Crippen LogP) is 1.34. The molecular weight excluding hydrogens is 230 g/mol. The van der Waals surface area contributed by atoms with Gasteiger partial charge in [0.1, 0.15) is 6.61 Å². The smallest absolute Gasteiger partial charge is 0.302 e. The van der Waals surface area contributed by atoms with Gasteiger partial charge in [-0.15, -0.1) is 0 Å². The Hall–Kier alpha value is -1.29. The average molecular weight is 249 g/mol. The second-order valence-corrected chi connectivity index (χ2v) is 5.12. The number of carbonyl (C=O) groups excluding carboxylic acids is 1. The van der Waals surface area contributed by atoms with E-state index in [1.54, 1.807) is 0 Å². The summed E-state index contributed by atoms with van der Waals surface area (Å²) in [6, 6.07) is 0. The largest absolute Gasteiger partial charge is 0.461 e. The number of ether oxygens (including phenoxy) is 2. The number of hydrogen-bond donors (Lipinski definition) is 0. The van der Waals surface area contributed by atoms with Crippen molar-refractivity contribution in [3.63, 3.8) is 0 Å². The van der Waals surface area contributed by atoms with Gasteiger partial charge in [-0.3, -0.25) is 4.79 Å². The van der Waals surface area contributed by atoms with Crippen molar-refractivity contribution in [2.45, 2.75) is 13.3 Å². The fourth-order valence-corrected chi connectivity index (χ4v) is 3.19. The van der Waals surface area contributed by atoms with Crippen LogP contribution in [0.4, 0.5) is 0 Å². The molecule has 1 aliphatic heterocycles. The summed E-state index contributed by atoms with van der Waals surface area (Å²) in [6.45, 7) is 5.42. The van der Waals surface area contributed by atoms with Crippen LogP contribution < -0.4 is 0 Å². The molecule has 3 aliphatic rings. The van der Waals surface area contributed by atoms with Gasteiger partial charge in [-0.2, -0.15) is 0 Å². The lowest BCUT2D eigenvalue weighted by atomic mass is 10.0. The molecular formula is C14H19NO3. The summed E-state index contributed by atoms with van der Waals surface area (Å²) in [5.41, 5.74) is 2.70. The molecule has 0 radical (unpaired) electrons. The number of fused-ring (bicyclic) bond motifs is 2. The van der Waals surface area contributed by atoms with Crippen LogP contribution >= 0.6 is 0 Å². The van der Waals surface area contributed by atoms with Crippen LogP contribution in [0.5, 0.6) is 0 Å². The first-order valence-electron chi connectivity index (χ1n) is 6.63. The molecule has 4 heteroatoms. The molecule has 1 heterocycles. The zero-order valence-corrected chi connectivity index (χ0v) is 10.7. The molecule has 3 rings (SSSR count). The lowest BCUT2D eigenvalue weighted by Gasteiger charge is -2.34. The lowest BCUT2D eigenvalue weighted by Crippen LogP contribution is -2.37. The molecule has 0 spiro atoms. The standard InChI is InChI=1S/C14H19NO3/c1-10(16)18-9-13-11-2-3-12(8-11)14(13)15-4-6-17-7-5-15/h2-3,11-12H,4-9H2,1H3/t11-,12+/m0/s1. The second-order valence-electron chi connectivity index (χ2n) is 5.12. The maximum atomic E-state index is 11.0. The number of allylic oxidation sites excluding steroid dienone is 2. The van der Waals surface area contributed by atoms with E-state index in [9.17, 15) is 4.79 Å². The van der Waals surface area contributed by atoms with Gasteiger partial charge < -0.3 is 14.4 Å². The van der Waals surface area contributed by atoms with Crippen LogP contribution in [0.15, 0.2) is 23.4 Å². The summed E-state index contributed by atoms with van der Waals surface area (Å²) in [4.78, 5) is 13.4. The summed E-state index contributed by atoms with van der Waals surface area (Å²) in [7, 11) is 0. The third-order valence-corrected chi connectivity index (χ3v) is 3.99. The van der Waals surface area contributed by atoms with Crippen molar-refractivity contribution in [2.75, 3.05) is 32.9 Å². The summed E-state index contributed by atoms with van der Waals surface area (Å²) in [5.74, 6) is 0.807. The number of rotatable bonds is 3. The molecule has 4 nitrogen and oxygen atoms in total. The Kier molecular flexibility index (Phi) is 3.12. The molecule has 1 fully saturated rings. The van der Waals surface area contributed by atoms with Gasteiger partial charge in [-0.1, -0.05) is 12.2 Å². The van der Waals surface area contributed by atoms with Crippen molar-refractivity contribution in [3.8, 4) is 0 Å². The van der Waals surface area contributed by atoms with Crippen LogP contribution in [0, 0.1) is 11.8 Å². The molecule has 0 aromatic heterocycles. The van der Waals surface area contributed by atoms with Crippen molar-refractivity contribution in [3.05, 3.63) is 23.4 Å². The van der Waals surface area contributed by atoms with Crippen LogP contribution in [0.25, 0.3) is 0 Å². The first-order chi connectivity index (χ1) is 8.75. The van der Waals surface area contributed by atoms with Gasteiger partial charge in [-0.05, 0) is 12.0 Å². The highest BCUT2D eigenvalue weighted by Gasteiger charge is 2.38. The van der Waals surface area contributed by atoms with Gasteiger partial charge in [0, 0.05) is 37.5 Å². The fraction of sp³-hybridized carbons (Fsp3) is 0.643. The SMILES string of the molecule is CC(=O)OCC1=C(N2CCOCC2)[C@@H]2C=C[C@H]1C2. The highest BCUT2D eigenvalue weighted by atomic mass is 16.5. The van der Waals surface area contributed by atoms with Crippen LogP contribution in [0.1, 0.15) is 13.3 Å². The summed E-state index contributed by atoms with van der Waals surface area (Å²) >= 11 is 0. The van der Waals surface area contributed by atoms with E-state index in [2.05, 4.69) is 17.1 Å².